The molecule has 0 aliphatic heterocycles. The molecule has 0 aliphatic carbocycles. The third-order valence-corrected chi connectivity index (χ3v) is 2.17. The van der Waals surface area contributed by atoms with Gasteiger partial charge in [0.2, 0.25) is 0 Å². The normalized spacial score (nSPS) is 10.3. The van der Waals surface area contributed by atoms with E-state index in [1.165, 1.54) is 12.1 Å². The number of benzene rings is 1. The highest BCUT2D eigenvalue weighted by atomic mass is 19.1. The first-order valence-electron chi connectivity index (χ1n) is 4.75. The van der Waals surface area contributed by atoms with E-state index >= 15 is 0 Å². The number of para-hydroxylation sites is 1. The zero-order valence-electron chi connectivity index (χ0n) is 8.46. The predicted molar refractivity (Wildman–Crippen MR) is 58.6 cm³/mol. The molecule has 0 radical (unpaired) electrons. The number of aromatic nitrogens is 2. The topological polar surface area (TPSA) is 57.8 Å². The second-order valence-corrected chi connectivity index (χ2v) is 3.23. The summed E-state index contributed by atoms with van der Waals surface area (Å²) in [5, 5.41) is 9.36. The molecule has 0 fully saturated rings. The maximum Gasteiger partial charge on any atom is 0.270 e. The summed E-state index contributed by atoms with van der Waals surface area (Å²) in [6.07, 6.45) is 1.57. The molecular weight excluding hydrogens is 209 g/mol. The molecule has 1 aromatic carbocycles. The molecule has 4 nitrogen and oxygen atoms in total. The number of aromatic amines is 1. The number of hydrogen-bond donors (Lipinski definition) is 2. The van der Waals surface area contributed by atoms with Crippen LogP contribution in [0.3, 0.4) is 0 Å². The largest absolute Gasteiger partial charge is 0.347 e. The Balaban J connectivity index is 2.42. The van der Waals surface area contributed by atoms with E-state index in [-0.39, 0.29) is 17.1 Å². The first-order valence-corrected chi connectivity index (χ1v) is 4.75. The molecule has 0 bridgehead atoms. The van der Waals surface area contributed by atoms with Crippen molar-refractivity contribution < 1.29 is 9.18 Å². The lowest BCUT2D eigenvalue weighted by Gasteiger charge is -1.99. The fourth-order valence-electron chi connectivity index (χ4n) is 1.43. The molecule has 2 N–H and O–H groups in total. The van der Waals surface area contributed by atoms with Gasteiger partial charge in [0.15, 0.2) is 5.82 Å². The van der Waals surface area contributed by atoms with Gasteiger partial charge >= 0.3 is 0 Å². The van der Waals surface area contributed by atoms with Crippen LogP contribution in [0.1, 0.15) is 10.5 Å². The van der Waals surface area contributed by atoms with E-state index in [0.29, 0.717) is 11.9 Å². The molecule has 5 heteroatoms. The summed E-state index contributed by atoms with van der Waals surface area (Å²) in [7, 11) is 0. The molecule has 1 aromatic heterocycles. The van der Waals surface area contributed by atoms with Crippen LogP contribution in [-0.4, -0.2) is 22.6 Å². The summed E-state index contributed by atoms with van der Waals surface area (Å²) < 4.78 is 13.3. The molecule has 1 heterocycles. The van der Waals surface area contributed by atoms with Crippen LogP contribution < -0.4 is 5.32 Å². The van der Waals surface area contributed by atoms with Crippen LogP contribution in [0.4, 0.5) is 4.39 Å². The lowest BCUT2D eigenvalue weighted by molar-refractivity contribution is 0.0954. The first-order chi connectivity index (χ1) is 7.74. The highest BCUT2D eigenvalue weighted by Gasteiger charge is 2.14. The lowest BCUT2D eigenvalue weighted by atomic mass is 10.2. The van der Waals surface area contributed by atoms with Crippen molar-refractivity contribution in [2.45, 2.75) is 0 Å². The van der Waals surface area contributed by atoms with Crippen LogP contribution in [0.5, 0.6) is 0 Å². The number of H-pyrrole nitrogens is 1. The Kier molecular flexibility index (Phi) is 2.68. The molecule has 1 amide bonds. The van der Waals surface area contributed by atoms with Crippen molar-refractivity contribution in [2.75, 3.05) is 6.54 Å². The van der Waals surface area contributed by atoms with Crippen molar-refractivity contribution in [1.29, 1.82) is 0 Å². The highest BCUT2D eigenvalue weighted by Crippen LogP contribution is 2.18. The van der Waals surface area contributed by atoms with Crippen molar-refractivity contribution in [3.05, 3.63) is 42.4 Å². The number of amides is 1. The summed E-state index contributed by atoms with van der Waals surface area (Å²) in [5.74, 6) is -0.774. The van der Waals surface area contributed by atoms with Gasteiger partial charge in [-0.25, -0.2) is 4.39 Å². The van der Waals surface area contributed by atoms with Gasteiger partial charge in [-0.1, -0.05) is 18.2 Å². The number of halogens is 1. The molecular formula is C11H10FN3O. The van der Waals surface area contributed by atoms with Gasteiger partial charge in [0.1, 0.15) is 11.2 Å². The molecule has 0 saturated heterocycles. The Labute approximate surface area is 91.2 Å². The fraction of sp³-hybridized carbons (Fsp3) is 0.0909. The zero-order valence-corrected chi connectivity index (χ0v) is 8.46. The van der Waals surface area contributed by atoms with Gasteiger partial charge in [0.25, 0.3) is 5.91 Å². The average Bonchev–Trinajstić information content (AvgIpc) is 2.71. The van der Waals surface area contributed by atoms with Gasteiger partial charge in [-0.15, -0.1) is 6.58 Å². The van der Waals surface area contributed by atoms with E-state index in [4.69, 9.17) is 0 Å². The smallest absolute Gasteiger partial charge is 0.270 e. The standard InChI is InChI=1S/C11H10FN3O/c1-2-6-13-11(16)10-7-4-3-5-8(12)9(7)14-15-10/h2-5H,1,6H2,(H,13,16)(H,14,15). The van der Waals surface area contributed by atoms with E-state index in [1.54, 1.807) is 12.1 Å². The molecule has 0 aliphatic rings. The quantitative estimate of drug-likeness (QED) is 0.770. The number of rotatable bonds is 3. The van der Waals surface area contributed by atoms with Gasteiger partial charge in [0.05, 0.1) is 0 Å². The zero-order chi connectivity index (χ0) is 11.5. The molecule has 0 atom stereocenters. The van der Waals surface area contributed by atoms with Crippen LogP contribution in [-0.2, 0) is 0 Å². The maximum atomic E-state index is 13.3. The molecule has 0 unspecified atom stereocenters. The summed E-state index contributed by atoms with van der Waals surface area (Å²) in [5.41, 5.74) is 0.433. The van der Waals surface area contributed by atoms with Gasteiger partial charge in [-0.2, -0.15) is 5.10 Å². The number of nitrogens with zero attached hydrogens (tertiary/aromatic N) is 1. The summed E-state index contributed by atoms with van der Waals surface area (Å²) in [6, 6.07) is 4.48. The third-order valence-electron chi connectivity index (χ3n) is 2.17. The Morgan fingerprint density at radius 2 is 2.44 bits per heavy atom. The van der Waals surface area contributed by atoms with Gasteiger partial charge < -0.3 is 5.32 Å². The first kappa shape index (κ1) is 10.4. The molecule has 0 saturated carbocycles. The second kappa shape index (κ2) is 4.14. The Morgan fingerprint density at radius 3 is 3.19 bits per heavy atom. The molecule has 16 heavy (non-hydrogen) atoms. The second-order valence-electron chi connectivity index (χ2n) is 3.23. The summed E-state index contributed by atoms with van der Waals surface area (Å²) in [6.45, 7) is 3.85. The van der Waals surface area contributed by atoms with E-state index in [9.17, 15) is 9.18 Å². The van der Waals surface area contributed by atoms with Crippen LogP contribution in [0, 0.1) is 5.82 Å². The minimum absolute atomic E-state index is 0.172. The van der Waals surface area contributed by atoms with Crippen molar-refractivity contribution in [2.24, 2.45) is 0 Å². The monoisotopic (exact) mass is 219 g/mol. The average molecular weight is 219 g/mol. The fourth-order valence-corrected chi connectivity index (χ4v) is 1.43. The Bertz CT molecular complexity index is 547. The van der Waals surface area contributed by atoms with Gasteiger partial charge in [0, 0.05) is 11.9 Å². The van der Waals surface area contributed by atoms with E-state index in [2.05, 4.69) is 22.1 Å². The molecule has 82 valence electrons. The lowest BCUT2D eigenvalue weighted by Crippen LogP contribution is -2.23. The van der Waals surface area contributed by atoms with E-state index in [1.807, 2.05) is 0 Å². The van der Waals surface area contributed by atoms with Crippen molar-refractivity contribution in [3.8, 4) is 0 Å². The Hall–Kier alpha value is -2.17. The van der Waals surface area contributed by atoms with Crippen LogP contribution in [0.15, 0.2) is 30.9 Å². The predicted octanol–water partition coefficient (Wildman–Crippen LogP) is 1.62. The Morgan fingerprint density at radius 1 is 1.62 bits per heavy atom. The number of carbonyl (C=O) groups is 1. The minimum Gasteiger partial charge on any atom is -0.347 e. The van der Waals surface area contributed by atoms with Crippen LogP contribution in [0.2, 0.25) is 0 Å². The summed E-state index contributed by atoms with van der Waals surface area (Å²) >= 11 is 0. The van der Waals surface area contributed by atoms with E-state index in [0.717, 1.165) is 0 Å². The molecule has 2 rings (SSSR count). The number of nitrogens with one attached hydrogen (secondary N) is 2. The van der Waals surface area contributed by atoms with Crippen molar-refractivity contribution in [3.63, 3.8) is 0 Å². The van der Waals surface area contributed by atoms with Crippen LogP contribution in [0.25, 0.3) is 10.9 Å². The number of carbonyl (C=O) groups excluding carboxylic acids is 1. The highest BCUT2D eigenvalue weighted by molar-refractivity contribution is 6.04. The van der Waals surface area contributed by atoms with Crippen molar-refractivity contribution >= 4 is 16.8 Å². The maximum absolute atomic E-state index is 13.3. The molecule has 0 spiro atoms. The third kappa shape index (κ3) is 1.67. The minimum atomic E-state index is -0.448. The van der Waals surface area contributed by atoms with E-state index < -0.39 is 5.82 Å². The van der Waals surface area contributed by atoms with Crippen LogP contribution >= 0.6 is 0 Å². The van der Waals surface area contributed by atoms with Gasteiger partial charge in [-0.05, 0) is 6.07 Å². The van der Waals surface area contributed by atoms with Gasteiger partial charge in [-0.3, -0.25) is 9.89 Å². The summed E-state index contributed by atoms with van der Waals surface area (Å²) in [4.78, 5) is 11.6. The van der Waals surface area contributed by atoms with Crippen molar-refractivity contribution in [1.82, 2.24) is 15.5 Å². The number of fused-ring (bicyclic) bond motifs is 1. The molecule has 2 aromatic rings. The SMILES string of the molecule is C=CCNC(=O)c1[nH]nc2c(F)cccc12. The number of hydrogen-bond acceptors (Lipinski definition) is 2.